The molecule has 0 aliphatic carbocycles. The van der Waals surface area contributed by atoms with E-state index < -0.39 is 0 Å². The minimum absolute atomic E-state index is 0.386. The van der Waals surface area contributed by atoms with Gasteiger partial charge in [-0.15, -0.1) is 0 Å². The number of rotatable bonds is 3. The Kier molecular flexibility index (Phi) is 3.86. The lowest BCUT2D eigenvalue weighted by Gasteiger charge is -2.08. The normalized spacial score (nSPS) is 10.2. The second-order valence-corrected chi connectivity index (χ2v) is 4.70. The summed E-state index contributed by atoms with van der Waals surface area (Å²) >= 11 is 9.40. The molecule has 0 atom stereocenters. The summed E-state index contributed by atoms with van der Waals surface area (Å²) in [7, 11) is 0. The topological polar surface area (TPSA) is 48.1 Å². The van der Waals surface area contributed by atoms with Gasteiger partial charge in [-0.3, -0.25) is 0 Å². The fourth-order valence-corrected chi connectivity index (χ4v) is 1.94. The van der Waals surface area contributed by atoms with Crippen molar-refractivity contribution in [1.82, 2.24) is 4.98 Å². The van der Waals surface area contributed by atoms with Crippen LogP contribution in [0.25, 0.3) is 0 Å². The first-order valence-electron chi connectivity index (χ1n) is 4.94. The highest BCUT2D eigenvalue weighted by Gasteiger charge is 2.05. The van der Waals surface area contributed by atoms with Gasteiger partial charge in [0.2, 0.25) is 5.88 Å². The van der Waals surface area contributed by atoms with Crippen molar-refractivity contribution in [2.45, 2.75) is 6.61 Å². The minimum atomic E-state index is 0.386. The van der Waals surface area contributed by atoms with E-state index in [0.29, 0.717) is 23.2 Å². The van der Waals surface area contributed by atoms with Crippen molar-refractivity contribution in [3.05, 3.63) is 51.6 Å². The predicted octanol–water partition coefficient (Wildman–Crippen LogP) is 3.66. The van der Waals surface area contributed by atoms with E-state index in [4.69, 9.17) is 22.1 Å². The lowest BCUT2D eigenvalue weighted by molar-refractivity contribution is 0.293. The lowest BCUT2D eigenvalue weighted by Crippen LogP contribution is -1.99. The number of hydrogen-bond acceptors (Lipinski definition) is 3. The Morgan fingerprint density at radius 1 is 1.35 bits per heavy atom. The van der Waals surface area contributed by atoms with E-state index in [1.165, 1.54) is 6.20 Å². The molecule has 2 N–H and O–H groups in total. The summed E-state index contributed by atoms with van der Waals surface area (Å²) in [6.45, 7) is 0.401. The molecule has 3 nitrogen and oxygen atoms in total. The zero-order valence-electron chi connectivity index (χ0n) is 8.86. The molecule has 0 spiro atoms. The van der Waals surface area contributed by atoms with Crippen molar-refractivity contribution in [2.24, 2.45) is 0 Å². The van der Waals surface area contributed by atoms with Crippen LogP contribution < -0.4 is 10.5 Å². The summed E-state index contributed by atoms with van der Waals surface area (Å²) in [5.41, 5.74) is 7.10. The number of nitrogen functional groups attached to an aromatic ring is 1. The molecule has 0 bridgehead atoms. The van der Waals surface area contributed by atoms with Gasteiger partial charge in [0.1, 0.15) is 11.6 Å². The van der Waals surface area contributed by atoms with Gasteiger partial charge in [-0.2, -0.15) is 0 Å². The first-order valence-corrected chi connectivity index (χ1v) is 6.11. The predicted molar refractivity (Wildman–Crippen MR) is 72.1 cm³/mol. The number of ether oxygens (including phenoxy) is 1. The number of aromatic nitrogens is 1. The molecular formula is C12H10BrClN2O. The Morgan fingerprint density at radius 3 is 2.82 bits per heavy atom. The van der Waals surface area contributed by atoms with E-state index in [2.05, 4.69) is 20.9 Å². The molecule has 0 aliphatic rings. The largest absolute Gasteiger partial charge is 0.472 e. The van der Waals surface area contributed by atoms with Crippen molar-refractivity contribution in [1.29, 1.82) is 0 Å². The third-order valence-electron chi connectivity index (χ3n) is 2.15. The quantitative estimate of drug-likeness (QED) is 0.940. The number of anilines is 1. The molecule has 0 amide bonds. The highest BCUT2D eigenvalue weighted by atomic mass is 79.9. The molecule has 1 heterocycles. The SMILES string of the molecule is Nc1cnc(OCc2ccccc2Br)c(Cl)c1. The second kappa shape index (κ2) is 5.38. The van der Waals surface area contributed by atoms with E-state index in [-0.39, 0.29) is 0 Å². The molecule has 0 saturated heterocycles. The Hall–Kier alpha value is -1.26. The zero-order valence-corrected chi connectivity index (χ0v) is 11.2. The van der Waals surface area contributed by atoms with Crippen molar-refractivity contribution in [3.8, 4) is 5.88 Å². The maximum Gasteiger partial charge on any atom is 0.233 e. The molecule has 2 rings (SSSR count). The van der Waals surface area contributed by atoms with E-state index in [1.807, 2.05) is 24.3 Å². The van der Waals surface area contributed by atoms with E-state index in [0.717, 1.165) is 10.0 Å². The van der Waals surface area contributed by atoms with Crippen LogP contribution in [0.3, 0.4) is 0 Å². The maximum atomic E-state index is 5.96. The van der Waals surface area contributed by atoms with Gasteiger partial charge in [0.15, 0.2) is 0 Å². The van der Waals surface area contributed by atoms with Crippen LogP contribution in [0.2, 0.25) is 5.02 Å². The Bertz CT molecular complexity index is 534. The van der Waals surface area contributed by atoms with Gasteiger partial charge in [0.05, 0.1) is 11.9 Å². The molecular weight excluding hydrogens is 304 g/mol. The molecule has 0 saturated carbocycles. The summed E-state index contributed by atoms with van der Waals surface area (Å²) in [6, 6.07) is 9.43. The molecule has 0 radical (unpaired) electrons. The average molecular weight is 314 g/mol. The van der Waals surface area contributed by atoms with Crippen LogP contribution in [0.5, 0.6) is 5.88 Å². The first kappa shape index (κ1) is 12.2. The number of hydrogen-bond donors (Lipinski definition) is 1. The van der Waals surface area contributed by atoms with Crippen molar-refractivity contribution in [3.63, 3.8) is 0 Å². The van der Waals surface area contributed by atoms with E-state index in [1.54, 1.807) is 6.07 Å². The summed E-state index contributed by atoms with van der Waals surface area (Å²) in [5.74, 6) is 0.386. The minimum Gasteiger partial charge on any atom is -0.472 e. The van der Waals surface area contributed by atoms with Crippen LogP contribution in [0.1, 0.15) is 5.56 Å². The Labute approximate surface area is 113 Å². The summed E-state index contributed by atoms with van der Waals surface area (Å²) < 4.78 is 6.52. The third-order valence-corrected chi connectivity index (χ3v) is 3.20. The molecule has 0 unspecified atom stereocenters. The Balaban J connectivity index is 2.10. The van der Waals surface area contributed by atoms with Gasteiger partial charge in [-0.1, -0.05) is 45.7 Å². The van der Waals surface area contributed by atoms with Gasteiger partial charge in [0, 0.05) is 10.0 Å². The fourth-order valence-electron chi connectivity index (χ4n) is 1.31. The first-order chi connectivity index (χ1) is 8.16. The number of nitrogens with zero attached hydrogens (tertiary/aromatic N) is 1. The molecule has 2 aromatic rings. The number of halogens is 2. The summed E-state index contributed by atoms with van der Waals surface area (Å²) in [4.78, 5) is 4.03. The Morgan fingerprint density at radius 2 is 2.12 bits per heavy atom. The van der Waals surface area contributed by atoms with Crippen LogP contribution in [0, 0.1) is 0 Å². The average Bonchev–Trinajstić information content (AvgIpc) is 2.30. The molecule has 88 valence electrons. The summed E-state index contributed by atoms with van der Waals surface area (Å²) in [6.07, 6.45) is 1.52. The maximum absolute atomic E-state index is 5.96. The molecule has 0 aliphatic heterocycles. The zero-order chi connectivity index (χ0) is 12.3. The van der Waals surface area contributed by atoms with E-state index >= 15 is 0 Å². The molecule has 0 fully saturated rings. The van der Waals surface area contributed by atoms with Crippen LogP contribution in [0.4, 0.5) is 5.69 Å². The fraction of sp³-hybridized carbons (Fsp3) is 0.0833. The van der Waals surface area contributed by atoms with Gasteiger partial charge in [-0.05, 0) is 12.1 Å². The highest BCUT2D eigenvalue weighted by molar-refractivity contribution is 9.10. The molecule has 1 aromatic heterocycles. The third kappa shape index (κ3) is 3.11. The molecule has 17 heavy (non-hydrogen) atoms. The molecule has 5 heteroatoms. The van der Waals surface area contributed by atoms with Crippen molar-refractivity contribution < 1.29 is 4.74 Å². The highest BCUT2D eigenvalue weighted by Crippen LogP contribution is 2.25. The van der Waals surface area contributed by atoms with Crippen molar-refractivity contribution >= 4 is 33.2 Å². The van der Waals surface area contributed by atoms with Gasteiger partial charge < -0.3 is 10.5 Å². The summed E-state index contributed by atoms with van der Waals surface area (Å²) in [5, 5.41) is 0.414. The van der Waals surface area contributed by atoms with Gasteiger partial charge in [-0.25, -0.2) is 4.98 Å². The van der Waals surface area contributed by atoms with Crippen molar-refractivity contribution in [2.75, 3.05) is 5.73 Å². The lowest BCUT2D eigenvalue weighted by atomic mass is 10.2. The van der Waals surface area contributed by atoms with Gasteiger partial charge >= 0.3 is 0 Å². The van der Waals surface area contributed by atoms with Crippen LogP contribution in [-0.4, -0.2) is 4.98 Å². The van der Waals surface area contributed by atoms with E-state index in [9.17, 15) is 0 Å². The van der Waals surface area contributed by atoms with Crippen LogP contribution >= 0.6 is 27.5 Å². The number of pyridine rings is 1. The van der Waals surface area contributed by atoms with Gasteiger partial charge in [0.25, 0.3) is 0 Å². The number of benzene rings is 1. The number of nitrogens with two attached hydrogens (primary N) is 1. The standard InChI is InChI=1S/C12H10BrClN2O/c13-10-4-2-1-3-8(10)7-17-12-11(14)5-9(15)6-16-12/h1-6H,7,15H2. The monoisotopic (exact) mass is 312 g/mol. The van der Waals surface area contributed by atoms with Crippen LogP contribution in [-0.2, 0) is 6.61 Å². The van der Waals surface area contributed by atoms with Crippen LogP contribution in [0.15, 0.2) is 41.0 Å². The smallest absolute Gasteiger partial charge is 0.233 e. The second-order valence-electron chi connectivity index (χ2n) is 3.44. The molecule has 1 aromatic carbocycles.